The van der Waals surface area contributed by atoms with Gasteiger partial charge in [-0.25, -0.2) is 6.57 Å². The van der Waals surface area contributed by atoms with Crippen molar-refractivity contribution in [1.82, 2.24) is 0 Å². The number of hydrogen-bond acceptors (Lipinski definition) is 7. The zero-order valence-electron chi connectivity index (χ0n) is 45.3. The van der Waals surface area contributed by atoms with Gasteiger partial charge < -0.3 is 30.4 Å². The van der Waals surface area contributed by atoms with Crippen LogP contribution in [0.4, 0.5) is 0 Å². The molecule has 71 heavy (non-hydrogen) atoms. The third-order valence-electron chi connectivity index (χ3n) is 17.6. The summed E-state index contributed by atoms with van der Waals surface area (Å²) in [4.78, 5) is 48.8. The second-order valence-corrected chi connectivity index (χ2v) is 23.5. The number of carboxylic acids is 3. The number of rotatable bonds is 41. The zero-order valence-corrected chi connectivity index (χ0v) is 48.4. The minimum Gasteiger partial charge on any atom is -0.870 e. The molecule has 0 aromatic heterocycles. The van der Waals surface area contributed by atoms with Gasteiger partial charge >= 0.3 is 75.3 Å². The van der Waals surface area contributed by atoms with Crippen molar-refractivity contribution in [3.05, 3.63) is 11.4 Å². The molecule has 6 aliphatic carbocycles. The van der Waals surface area contributed by atoms with E-state index < -0.39 is 17.9 Å². The Bertz CT molecular complexity index is 1550. The molecule has 0 aliphatic heterocycles. The van der Waals surface area contributed by atoms with Crippen LogP contribution in [0.25, 0.3) is 4.85 Å². The maximum absolute atomic E-state index is 11.9. The fourth-order valence-corrected chi connectivity index (χ4v) is 10.8. The number of carboxylic acid groups (broad SMARTS) is 3. The molecular formula is C59H99KN2O9. The van der Waals surface area contributed by atoms with Gasteiger partial charge in [-0.05, 0) is 110 Å². The van der Waals surface area contributed by atoms with Crippen molar-refractivity contribution in [2.75, 3.05) is 6.61 Å². The Morgan fingerprint density at radius 2 is 0.690 bits per heavy atom. The number of carbonyl (C=O) groups excluding carboxylic acids is 1. The molecule has 0 unspecified atom stereocenters. The van der Waals surface area contributed by atoms with Crippen LogP contribution >= 0.6 is 0 Å². The molecule has 12 heteroatoms. The number of nitrogens with zero attached hydrogens (tertiary/aromatic N) is 2. The molecule has 6 saturated carbocycles. The molecule has 6 rings (SSSR count). The van der Waals surface area contributed by atoms with Crippen LogP contribution in [0.2, 0.25) is 0 Å². The number of carbonyl (C=O) groups is 4. The van der Waals surface area contributed by atoms with Crippen LogP contribution in [0, 0.1) is 45.0 Å². The summed E-state index contributed by atoms with van der Waals surface area (Å²) >= 11 is 0. The van der Waals surface area contributed by atoms with Crippen LogP contribution in [0.1, 0.15) is 296 Å². The number of aliphatic carboxylic acids is 3. The van der Waals surface area contributed by atoms with Crippen molar-refractivity contribution >= 4 is 23.9 Å². The molecule has 400 valence electrons. The molecule has 4 N–H and O–H groups in total. The summed E-state index contributed by atoms with van der Waals surface area (Å²) in [6.45, 7) is 9.53. The van der Waals surface area contributed by atoms with E-state index in [4.69, 9.17) is 31.9 Å². The van der Waals surface area contributed by atoms with Crippen molar-refractivity contribution in [2.24, 2.45) is 27.1 Å². The van der Waals surface area contributed by atoms with E-state index >= 15 is 0 Å². The van der Waals surface area contributed by atoms with Crippen molar-refractivity contribution in [1.29, 1.82) is 5.26 Å². The molecule has 0 atom stereocenters. The summed E-state index contributed by atoms with van der Waals surface area (Å²) in [7, 11) is 0. The topological polar surface area (TPSA) is 196 Å². The molecule has 0 bridgehead atoms. The van der Waals surface area contributed by atoms with E-state index in [9.17, 15) is 19.2 Å². The van der Waals surface area contributed by atoms with Crippen LogP contribution in [-0.2, 0) is 23.9 Å². The number of ether oxygens (including phenoxy) is 1. The summed E-state index contributed by atoms with van der Waals surface area (Å²) in [6, 6.07) is 2.48. The Hall–Kier alpha value is -1.54. The summed E-state index contributed by atoms with van der Waals surface area (Å²) in [6.07, 6.45) is 51.5. The normalized spacial score (nSPS) is 19.4. The fraction of sp³-hybridized carbons (Fsp3) is 0.898. The maximum Gasteiger partial charge on any atom is 1.00 e. The summed E-state index contributed by atoms with van der Waals surface area (Å²) in [5, 5.41) is 36.3. The smallest absolute Gasteiger partial charge is 0.870 e. The predicted molar refractivity (Wildman–Crippen MR) is 276 cm³/mol. The van der Waals surface area contributed by atoms with Gasteiger partial charge in [-0.1, -0.05) is 167 Å². The molecule has 0 heterocycles. The first-order valence-corrected chi connectivity index (χ1v) is 29.0. The first kappa shape index (κ1) is 65.6. The van der Waals surface area contributed by atoms with Gasteiger partial charge in [-0.2, -0.15) is 5.26 Å². The summed E-state index contributed by atoms with van der Waals surface area (Å²) < 4.78 is 5.18. The largest absolute Gasteiger partial charge is 1.00 e. The quantitative estimate of drug-likeness (QED) is 0.0229. The first-order chi connectivity index (χ1) is 33.3. The maximum atomic E-state index is 11.9. The Morgan fingerprint density at radius 1 is 0.437 bits per heavy atom. The summed E-state index contributed by atoms with van der Waals surface area (Å²) in [5.74, 6) is -1.73. The van der Waals surface area contributed by atoms with Gasteiger partial charge in [-0.3, -0.25) is 19.2 Å². The zero-order chi connectivity index (χ0) is 50.0. The number of hydrogen-bond donors (Lipinski definition) is 3. The van der Waals surface area contributed by atoms with Crippen LogP contribution in [-0.4, -0.2) is 56.8 Å². The van der Waals surface area contributed by atoms with Crippen LogP contribution in [0.3, 0.4) is 0 Å². The van der Waals surface area contributed by atoms with Crippen LogP contribution in [0.5, 0.6) is 0 Å². The Labute approximate surface area is 473 Å². The molecule has 0 radical (unpaired) electrons. The van der Waals surface area contributed by atoms with E-state index in [1.54, 1.807) is 0 Å². The van der Waals surface area contributed by atoms with E-state index in [-0.39, 0.29) is 95.4 Å². The third kappa shape index (κ3) is 25.2. The van der Waals surface area contributed by atoms with Crippen molar-refractivity contribution < 1.29 is 96.1 Å². The molecule has 0 saturated heterocycles. The SMILES string of the molecule is CCOC(=O)C1(CCCCCCCCCCCC2(C(=O)O)CC2)CC1.O=C(O)C1(CCCCCCCCCCCC2(C(=O)O)CC2)CC1.[C-]#[N+]C1(CCCCCCCCCCCC2(C#N)CC2)CC1.[K+].[OH-]. The van der Waals surface area contributed by atoms with Gasteiger partial charge in [0, 0.05) is 19.3 Å². The van der Waals surface area contributed by atoms with Gasteiger partial charge in [-0.15, -0.1) is 0 Å². The first-order valence-electron chi connectivity index (χ1n) is 29.0. The second-order valence-electron chi connectivity index (χ2n) is 23.5. The van der Waals surface area contributed by atoms with Crippen molar-refractivity contribution in [3.63, 3.8) is 0 Å². The molecule has 11 nitrogen and oxygen atoms in total. The minimum atomic E-state index is -0.589. The number of unbranched alkanes of at least 4 members (excludes halogenated alkanes) is 24. The number of nitriles is 1. The molecule has 0 aromatic carbocycles. The van der Waals surface area contributed by atoms with E-state index in [1.807, 2.05) is 6.92 Å². The Kier molecular flexibility index (Phi) is 31.6. The molecule has 0 aromatic rings. The average Bonchev–Trinajstić information content (AvgIpc) is 4.12. The second kappa shape index (κ2) is 34.2. The van der Waals surface area contributed by atoms with Gasteiger partial charge in [0.2, 0.25) is 5.54 Å². The van der Waals surface area contributed by atoms with Gasteiger partial charge in [0.25, 0.3) is 0 Å². The van der Waals surface area contributed by atoms with Crippen molar-refractivity contribution in [2.45, 2.75) is 301 Å². The van der Waals surface area contributed by atoms with Gasteiger partial charge in [0.15, 0.2) is 0 Å². The van der Waals surface area contributed by atoms with E-state index in [0.717, 1.165) is 154 Å². The monoisotopic (exact) mass is 1020 g/mol. The van der Waals surface area contributed by atoms with Gasteiger partial charge in [0.1, 0.15) is 0 Å². The number of esters is 1. The molecule has 0 amide bonds. The average molecular weight is 1020 g/mol. The van der Waals surface area contributed by atoms with Crippen molar-refractivity contribution in [3.8, 4) is 6.07 Å². The van der Waals surface area contributed by atoms with E-state index in [1.165, 1.54) is 135 Å². The summed E-state index contributed by atoms with van der Waals surface area (Å²) in [5.41, 5.74) is -0.899. The molecule has 6 aliphatic rings. The molecule has 6 fully saturated rings. The van der Waals surface area contributed by atoms with E-state index in [2.05, 4.69) is 10.9 Å². The minimum absolute atomic E-state index is 0. The Morgan fingerprint density at radius 3 is 0.901 bits per heavy atom. The van der Waals surface area contributed by atoms with E-state index in [0.29, 0.717) is 6.61 Å². The van der Waals surface area contributed by atoms with Crippen LogP contribution in [0.15, 0.2) is 0 Å². The fourth-order valence-electron chi connectivity index (χ4n) is 10.8. The predicted octanol–water partition coefficient (Wildman–Crippen LogP) is 13.4. The Balaban J connectivity index is 0.000000361. The third-order valence-corrected chi connectivity index (χ3v) is 17.6. The molecule has 0 spiro atoms. The van der Waals surface area contributed by atoms with Crippen LogP contribution < -0.4 is 51.4 Å². The van der Waals surface area contributed by atoms with Gasteiger partial charge in [0.05, 0.1) is 39.8 Å². The molecular weight excluding hydrogens is 920 g/mol. The standard InChI is InChI=1S/C21H36O4.C19H30N2.C19H32O4.K.H2O/c1-2-25-19(24)21(16-17-21)13-11-9-7-5-3-4-6-8-10-12-20(14-15-20)18(22)23;1-21-19(15-16-19)12-10-8-6-4-2-3-5-7-9-11-18(17-20)13-14-18;20-16(21)18(12-13-18)10-8-6-4-2-1-3-5-7-9-11-19(14-15-19)17(22)23;;/h2-17H2,1H3,(H,22,23);2-16H2;1-15H2,(H,20,21)(H,22,23);;1H2/q;;;+1;/p-1.